The molecule has 0 aliphatic carbocycles. The van der Waals surface area contributed by atoms with Crippen LogP contribution in [0.15, 0.2) is 24.3 Å². The van der Waals surface area contributed by atoms with Gasteiger partial charge in [0, 0.05) is 5.56 Å². The molecule has 0 bridgehead atoms. The first-order valence-electron chi connectivity index (χ1n) is 6.04. The van der Waals surface area contributed by atoms with Crippen molar-refractivity contribution in [3.05, 3.63) is 35.4 Å². The molecule has 1 atom stereocenters. The van der Waals surface area contributed by atoms with E-state index < -0.39 is 0 Å². The van der Waals surface area contributed by atoms with Crippen molar-refractivity contribution >= 4 is 5.78 Å². The smallest absolute Gasteiger partial charge is 0.179 e. The van der Waals surface area contributed by atoms with E-state index in [0.717, 1.165) is 24.2 Å². The molecule has 1 unspecified atom stereocenters. The molecule has 1 aliphatic rings. The second-order valence-electron chi connectivity index (χ2n) is 4.60. The third-order valence-electron chi connectivity index (χ3n) is 3.48. The quantitative estimate of drug-likeness (QED) is 0.725. The van der Waals surface area contributed by atoms with Crippen LogP contribution in [-0.2, 0) is 0 Å². The van der Waals surface area contributed by atoms with E-state index in [1.165, 1.54) is 12.8 Å². The Hall–Kier alpha value is -1.15. The Morgan fingerprint density at radius 3 is 2.50 bits per heavy atom. The van der Waals surface area contributed by atoms with Gasteiger partial charge < -0.3 is 0 Å². The fourth-order valence-corrected chi connectivity index (χ4v) is 2.37. The third-order valence-corrected chi connectivity index (χ3v) is 3.48. The number of carbonyl (C=O) groups is 1. The number of Topliss-reactive ketones (excluding diaryl/α,β-unsaturated/α-hetero) is 1. The lowest BCUT2D eigenvalue weighted by molar-refractivity contribution is 0.0866. The molecule has 86 valence electrons. The van der Waals surface area contributed by atoms with Crippen LogP contribution >= 0.6 is 0 Å². The maximum absolute atomic E-state index is 12.3. The third kappa shape index (κ3) is 2.17. The van der Waals surface area contributed by atoms with Crippen molar-refractivity contribution in [2.45, 2.75) is 32.7 Å². The van der Waals surface area contributed by atoms with Gasteiger partial charge in [-0.15, -0.1) is 0 Å². The van der Waals surface area contributed by atoms with Gasteiger partial charge in [-0.25, -0.2) is 0 Å². The standard InChI is InChI=1S/C14H19NO/c1-11-7-3-4-8-13(11)14(16)12(2)15-9-5-6-10-15/h3-4,7-8,12H,5-6,9-10H2,1-2H3. The number of likely N-dealkylation sites (tertiary alicyclic amines) is 1. The minimum Gasteiger partial charge on any atom is -0.294 e. The fraction of sp³-hybridized carbons (Fsp3) is 0.500. The molecule has 0 N–H and O–H groups in total. The van der Waals surface area contributed by atoms with Gasteiger partial charge in [0.2, 0.25) is 0 Å². The number of hydrogen-bond donors (Lipinski definition) is 0. The van der Waals surface area contributed by atoms with E-state index in [1.54, 1.807) is 0 Å². The molecule has 1 aromatic carbocycles. The minimum atomic E-state index is 0.0311. The molecule has 1 fully saturated rings. The van der Waals surface area contributed by atoms with E-state index in [-0.39, 0.29) is 11.8 Å². The van der Waals surface area contributed by atoms with Crippen molar-refractivity contribution in [3.63, 3.8) is 0 Å². The summed E-state index contributed by atoms with van der Waals surface area (Å²) >= 11 is 0. The molecular weight excluding hydrogens is 198 g/mol. The van der Waals surface area contributed by atoms with Crippen LogP contribution in [0.5, 0.6) is 0 Å². The summed E-state index contributed by atoms with van der Waals surface area (Å²) in [6.45, 7) is 6.17. The summed E-state index contributed by atoms with van der Waals surface area (Å²) in [6.07, 6.45) is 2.46. The van der Waals surface area contributed by atoms with Crippen molar-refractivity contribution in [2.24, 2.45) is 0 Å². The monoisotopic (exact) mass is 217 g/mol. The number of nitrogens with zero attached hydrogens (tertiary/aromatic N) is 1. The highest BCUT2D eigenvalue weighted by Crippen LogP contribution is 2.17. The number of carbonyl (C=O) groups excluding carboxylic acids is 1. The van der Waals surface area contributed by atoms with E-state index >= 15 is 0 Å². The highest BCUT2D eigenvalue weighted by molar-refractivity contribution is 6.01. The Balaban J connectivity index is 2.15. The first kappa shape index (κ1) is 11.3. The van der Waals surface area contributed by atoms with Crippen LogP contribution in [0.2, 0.25) is 0 Å². The number of ketones is 1. The van der Waals surface area contributed by atoms with Crippen LogP contribution in [0.1, 0.15) is 35.7 Å². The van der Waals surface area contributed by atoms with Gasteiger partial charge in [0.05, 0.1) is 6.04 Å². The molecule has 0 amide bonds. The predicted molar refractivity (Wildman–Crippen MR) is 65.8 cm³/mol. The molecule has 2 rings (SSSR count). The van der Waals surface area contributed by atoms with Gasteiger partial charge in [-0.2, -0.15) is 0 Å². The second kappa shape index (κ2) is 4.79. The Morgan fingerprint density at radius 1 is 1.25 bits per heavy atom. The lowest BCUT2D eigenvalue weighted by Gasteiger charge is -2.22. The van der Waals surface area contributed by atoms with Crippen LogP contribution in [0.3, 0.4) is 0 Å². The van der Waals surface area contributed by atoms with Gasteiger partial charge in [-0.3, -0.25) is 9.69 Å². The van der Waals surface area contributed by atoms with E-state index in [4.69, 9.17) is 0 Å². The summed E-state index contributed by atoms with van der Waals surface area (Å²) in [5.41, 5.74) is 1.96. The van der Waals surface area contributed by atoms with Crippen LogP contribution in [-0.4, -0.2) is 29.8 Å². The lowest BCUT2D eigenvalue weighted by Crippen LogP contribution is -2.37. The van der Waals surface area contributed by atoms with Gasteiger partial charge in [0.1, 0.15) is 0 Å². The molecule has 2 nitrogen and oxygen atoms in total. The SMILES string of the molecule is Cc1ccccc1C(=O)C(C)N1CCCC1. The highest BCUT2D eigenvalue weighted by atomic mass is 16.1. The number of aryl methyl sites for hydroxylation is 1. The van der Waals surface area contributed by atoms with E-state index in [1.807, 2.05) is 38.1 Å². The Morgan fingerprint density at radius 2 is 1.88 bits per heavy atom. The average molecular weight is 217 g/mol. The first-order chi connectivity index (χ1) is 7.70. The van der Waals surface area contributed by atoms with Crippen molar-refractivity contribution < 1.29 is 4.79 Å². The second-order valence-corrected chi connectivity index (χ2v) is 4.60. The van der Waals surface area contributed by atoms with Crippen molar-refractivity contribution in [2.75, 3.05) is 13.1 Å². The van der Waals surface area contributed by atoms with Gasteiger partial charge in [-0.1, -0.05) is 24.3 Å². The summed E-state index contributed by atoms with van der Waals surface area (Å²) in [6, 6.07) is 7.89. The van der Waals surface area contributed by atoms with Gasteiger partial charge in [0.25, 0.3) is 0 Å². The summed E-state index contributed by atoms with van der Waals surface area (Å²) in [7, 11) is 0. The molecule has 16 heavy (non-hydrogen) atoms. The fourth-order valence-electron chi connectivity index (χ4n) is 2.37. The summed E-state index contributed by atoms with van der Waals surface area (Å²) in [5.74, 6) is 0.264. The summed E-state index contributed by atoms with van der Waals surface area (Å²) in [4.78, 5) is 14.6. The van der Waals surface area contributed by atoms with E-state index in [9.17, 15) is 4.79 Å². The zero-order chi connectivity index (χ0) is 11.5. The Kier molecular flexibility index (Phi) is 3.39. The molecule has 0 radical (unpaired) electrons. The zero-order valence-electron chi connectivity index (χ0n) is 10.1. The molecule has 0 saturated carbocycles. The van der Waals surface area contributed by atoms with Gasteiger partial charge in [-0.05, 0) is 45.3 Å². The van der Waals surface area contributed by atoms with Crippen LogP contribution < -0.4 is 0 Å². The number of hydrogen-bond acceptors (Lipinski definition) is 2. The number of benzene rings is 1. The molecule has 1 saturated heterocycles. The van der Waals surface area contributed by atoms with E-state index in [2.05, 4.69) is 4.90 Å². The molecular formula is C14H19NO. The Labute approximate surface area is 97.3 Å². The molecule has 0 aromatic heterocycles. The van der Waals surface area contributed by atoms with Crippen LogP contribution in [0.4, 0.5) is 0 Å². The van der Waals surface area contributed by atoms with Crippen molar-refractivity contribution in [1.82, 2.24) is 4.90 Å². The average Bonchev–Trinajstić information content (AvgIpc) is 2.81. The normalized spacial score (nSPS) is 18.6. The van der Waals surface area contributed by atoms with Crippen LogP contribution in [0.25, 0.3) is 0 Å². The molecule has 1 heterocycles. The predicted octanol–water partition coefficient (Wildman–Crippen LogP) is 2.66. The van der Waals surface area contributed by atoms with Gasteiger partial charge in [0.15, 0.2) is 5.78 Å². The van der Waals surface area contributed by atoms with Gasteiger partial charge >= 0.3 is 0 Å². The topological polar surface area (TPSA) is 20.3 Å². The summed E-state index contributed by atoms with van der Waals surface area (Å²) in [5, 5.41) is 0. The molecule has 1 aliphatic heterocycles. The zero-order valence-corrected chi connectivity index (χ0v) is 10.1. The summed E-state index contributed by atoms with van der Waals surface area (Å²) < 4.78 is 0. The van der Waals surface area contributed by atoms with Crippen LogP contribution in [0, 0.1) is 6.92 Å². The van der Waals surface area contributed by atoms with Crippen molar-refractivity contribution in [1.29, 1.82) is 0 Å². The van der Waals surface area contributed by atoms with E-state index in [0.29, 0.717) is 0 Å². The molecule has 0 spiro atoms. The maximum Gasteiger partial charge on any atom is 0.179 e. The van der Waals surface area contributed by atoms with Crippen molar-refractivity contribution in [3.8, 4) is 0 Å². The molecule has 2 heteroatoms. The Bertz CT molecular complexity index is 380. The maximum atomic E-state index is 12.3. The number of rotatable bonds is 3. The molecule has 1 aromatic rings. The largest absolute Gasteiger partial charge is 0.294 e. The highest BCUT2D eigenvalue weighted by Gasteiger charge is 2.25. The lowest BCUT2D eigenvalue weighted by atomic mass is 10.00. The minimum absolute atomic E-state index is 0.0311. The first-order valence-corrected chi connectivity index (χ1v) is 6.04.